The summed E-state index contributed by atoms with van der Waals surface area (Å²) in [7, 11) is 0. The Bertz CT molecular complexity index is 345. The normalized spacial score (nSPS) is 12.0. The zero-order valence-electron chi connectivity index (χ0n) is 16.8. The minimum Gasteiger partial charge on any atom is -0.464 e. The second kappa shape index (κ2) is 16.2. The summed E-state index contributed by atoms with van der Waals surface area (Å²) in [5.74, 6) is -0.0719. The second-order valence-corrected chi connectivity index (χ2v) is 7.12. The van der Waals surface area contributed by atoms with E-state index in [0.717, 1.165) is 38.5 Å². The van der Waals surface area contributed by atoms with Gasteiger partial charge in [-0.05, 0) is 18.8 Å². The average Bonchev–Trinajstić information content (AvgIpc) is 2.58. The van der Waals surface area contributed by atoms with Gasteiger partial charge in [0, 0.05) is 0 Å². The van der Waals surface area contributed by atoms with Crippen LogP contribution in [0.15, 0.2) is 0 Å². The van der Waals surface area contributed by atoms with Crippen molar-refractivity contribution in [1.82, 2.24) is 5.32 Å². The van der Waals surface area contributed by atoms with E-state index >= 15 is 0 Å². The topological polar surface area (TPSA) is 64.6 Å². The van der Waals surface area contributed by atoms with E-state index in [9.17, 15) is 9.59 Å². The number of amides is 1. The predicted octanol–water partition coefficient (Wildman–Crippen LogP) is 5.22. The van der Waals surface area contributed by atoms with E-state index in [1.54, 1.807) is 0 Å². The van der Waals surface area contributed by atoms with Crippen LogP contribution in [0, 0.1) is 5.92 Å². The number of nitrogens with one attached hydrogen (secondary N) is 1. The van der Waals surface area contributed by atoms with Crippen molar-refractivity contribution in [1.29, 1.82) is 0 Å². The van der Waals surface area contributed by atoms with Crippen molar-refractivity contribution in [2.24, 2.45) is 5.92 Å². The molecule has 1 unspecified atom stereocenters. The summed E-state index contributed by atoms with van der Waals surface area (Å²) < 4.78 is 10.5. The lowest BCUT2D eigenvalue weighted by Crippen LogP contribution is -2.42. The van der Waals surface area contributed by atoms with Gasteiger partial charge in [-0.15, -0.1) is 0 Å². The van der Waals surface area contributed by atoms with Crippen molar-refractivity contribution < 1.29 is 19.1 Å². The lowest BCUT2D eigenvalue weighted by atomic mass is 10.1. The number of alkyl carbamates (subject to hydrolysis) is 1. The maximum Gasteiger partial charge on any atom is 0.407 e. The van der Waals surface area contributed by atoms with Crippen LogP contribution in [0.25, 0.3) is 0 Å². The van der Waals surface area contributed by atoms with Crippen LogP contribution in [0.1, 0.15) is 91.9 Å². The molecule has 0 bridgehead atoms. The molecule has 5 heteroatoms. The molecular weight excluding hydrogens is 318 g/mol. The Balaban J connectivity index is 4.24. The van der Waals surface area contributed by atoms with Crippen LogP contribution in [-0.2, 0) is 14.3 Å². The van der Waals surface area contributed by atoms with Gasteiger partial charge in [-0.1, -0.05) is 79.1 Å². The first-order valence-electron chi connectivity index (χ1n) is 10.1. The van der Waals surface area contributed by atoms with E-state index in [-0.39, 0.29) is 11.9 Å². The van der Waals surface area contributed by atoms with Crippen LogP contribution in [0.3, 0.4) is 0 Å². The molecule has 5 nitrogen and oxygen atoms in total. The molecule has 0 fully saturated rings. The lowest BCUT2D eigenvalue weighted by molar-refractivity contribution is -0.146. The monoisotopic (exact) mass is 357 g/mol. The van der Waals surface area contributed by atoms with Gasteiger partial charge in [0.15, 0.2) is 0 Å². The van der Waals surface area contributed by atoms with E-state index in [1.807, 2.05) is 13.8 Å². The summed E-state index contributed by atoms with van der Waals surface area (Å²) in [4.78, 5) is 24.1. The number of hydrogen-bond acceptors (Lipinski definition) is 4. The van der Waals surface area contributed by atoms with Gasteiger partial charge >= 0.3 is 12.1 Å². The van der Waals surface area contributed by atoms with Crippen molar-refractivity contribution in [3.05, 3.63) is 0 Å². The molecule has 1 N–H and O–H groups in total. The SMILES string of the molecule is CCCCCCCOC(=O)C(CCCCCC)NC(=O)OCC(C)C. The Morgan fingerprint density at radius 3 is 2.04 bits per heavy atom. The van der Waals surface area contributed by atoms with Gasteiger partial charge in [0.1, 0.15) is 6.04 Å². The van der Waals surface area contributed by atoms with Gasteiger partial charge in [0.05, 0.1) is 13.2 Å². The van der Waals surface area contributed by atoms with Gasteiger partial charge in [-0.2, -0.15) is 0 Å². The maximum atomic E-state index is 12.3. The molecule has 0 saturated carbocycles. The summed E-state index contributed by atoms with van der Waals surface area (Å²) in [6.45, 7) is 9.04. The maximum absolute atomic E-state index is 12.3. The summed E-state index contributed by atoms with van der Waals surface area (Å²) >= 11 is 0. The van der Waals surface area contributed by atoms with Crippen LogP contribution in [0.4, 0.5) is 4.79 Å². The Morgan fingerprint density at radius 2 is 1.44 bits per heavy atom. The van der Waals surface area contributed by atoms with Crippen molar-refractivity contribution >= 4 is 12.1 Å². The van der Waals surface area contributed by atoms with Crippen LogP contribution in [0.5, 0.6) is 0 Å². The van der Waals surface area contributed by atoms with Crippen molar-refractivity contribution in [3.8, 4) is 0 Å². The number of unbranched alkanes of at least 4 members (excludes halogenated alkanes) is 7. The first-order chi connectivity index (χ1) is 12.0. The van der Waals surface area contributed by atoms with E-state index in [0.29, 0.717) is 19.6 Å². The number of rotatable bonds is 15. The van der Waals surface area contributed by atoms with E-state index in [4.69, 9.17) is 9.47 Å². The smallest absolute Gasteiger partial charge is 0.407 e. The molecule has 1 amide bonds. The summed E-state index contributed by atoms with van der Waals surface area (Å²) in [5.41, 5.74) is 0. The highest BCUT2D eigenvalue weighted by Gasteiger charge is 2.22. The zero-order chi connectivity index (χ0) is 18.9. The molecule has 25 heavy (non-hydrogen) atoms. The van der Waals surface area contributed by atoms with E-state index in [1.165, 1.54) is 19.3 Å². The molecule has 148 valence electrons. The summed E-state index contributed by atoms with van der Waals surface area (Å²) in [5, 5.41) is 2.67. The van der Waals surface area contributed by atoms with Crippen molar-refractivity contribution in [3.63, 3.8) is 0 Å². The van der Waals surface area contributed by atoms with Crippen molar-refractivity contribution in [2.75, 3.05) is 13.2 Å². The van der Waals surface area contributed by atoms with Gasteiger partial charge in [-0.25, -0.2) is 9.59 Å². The van der Waals surface area contributed by atoms with E-state index < -0.39 is 12.1 Å². The highest BCUT2D eigenvalue weighted by Crippen LogP contribution is 2.09. The van der Waals surface area contributed by atoms with E-state index in [2.05, 4.69) is 19.2 Å². The third kappa shape index (κ3) is 14.8. The Labute approximate surface area is 154 Å². The van der Waals surface area contributed by atoms with Crippen LogP contribution >= 0.6 is 0 Å². The molecule has 0 aromatic rings. The number of ether oxygens (including phenoxy) is 2. The minimum atomic E-state index is -0.604. The molecular formula is C20H39NO4. The fourth-order valence-electron chi connectivity index (χ4n) is 2.43. The Morgan fingerprint density at radius 1 is 0.840 bits per heavy atom. The molecule has 0 radical (unpaired) electrons. The van der Waals surface area contributed by atoms with Gasteiger partial charge in [0.25, 0.3) is 0 Å². The molecule has 0 aliphatic rings. The molecule has 0 aliphatic heterocycles. The molecule has 0 aromatic heterocycles. The molecule has 0 aromatic carbocycles. The molecule has 0 saturated heterocycles. The average molecular weight is 358 g/mol. The van der Waals surface area contributed by atoms with Gasteiger partial charge in [0.2, 0.25) is 0 Å². The first kappa shape index (κ1) is 23.7. The molecule has 0 heterocycles. The fourth-order valence-corrected chi connectivity index (χ4v) is 2.43. The highest BCUT2D eigenvalue weighted by atomic mass is 16.6. The Hall–Kier alpha value is -1.26. The number of carbonyl (C=O) groups is 2. The number of hydrogen-bond donors (Lipinski definition) is 1. The standard InChI is InChI=1S/C20H39NO4/c1-5-7-9-11-13-15-24-19(22)18(14-12-10-8-6-2)21-20(23)25-16-17(3)4/h17-18H,5-16H2,1-4H3,(H,21,23). The molecule has 0 rings (SSSR count). The predicted molar refractivity (Wildman–Crippen MR) is 102 cm³/mol. The number of carbonyl (C=O) groups excluding carboxylic acids is 2. The first-order valence-corrected chi connectivity index (χ1v) is 10.1. The second-order valence-electron chi connectivity index (χ2n) is 7.12. The van der Waals surface area contributed by atoms with Crippen LogP contribution < -0.4 is 5.32 Å². The third-order valence-electron chi connectivity index (χ3n) is 3.96. The fraction of sp³-hybridized carbons (Fsp3) is 0.900. The number of esters is 1. The third-order valence-corrected chi connectivity index (χ3v) is 3.96. The molecule has 1 atom stereocenters. The molecule has 0 spiro atoms. The largest absolute Gasteiger partial charge is 0.464 e. The highest BCUT2D eigenvalue weighted by molar-refractivity contribution is 5.81. The summed E-state index contributed by atoms with van der Waals surface area (Å²) in [6.07, 6.45) is 9.84. The van der Waals surface area contributed by atoms with Crippen LogP contribution in [0.2, 0.25) is 0 Å². The molecule has 0 aliphatic carbocycles. The quantitative estimate of drug-likeness (QED) is 0.322. The van der Waals surface area contributed by atoms with Gasteiger partial charge in [-0.3, -0.25) is 0 Å². The zero-order valence-corrected chi connectivity index (χ0v) is 16.8. The Kier molecular flexibility index (Phi) is 15.4. The van der Waals surface area contributed by atoms with Gasteiger partial charge < -0.3 is 14.8 Å². The van der Waals surface area contributed by atoms with Crippen molar-refractivity contribution in [2.45, 2.75) is 97.9 Å². The lowest BCUT2D eigenvalue weighted by Gasteiger charge is -2.18. The minimum absolute atomic E-state index is 0.267. The summed E-state index contributed by atoms with van der Waals surface area (Å²) in [6, 6.07) is -0.604. The van der Waals surface area contributed by atoms with Crippen LogP contribution in [-0.4, -0.2) is 31.3 Å².